The van der Waals surface area contributed by atoms with Gasteiger partial charge in [0.2, 0.25) is 5.13 Å². The summed E-state index contributed by atoms with van der Waals surface area (Å²) in [4.78, 5) is 11.3. The molecule has 2 N–H and O–H groups in total. The number of nitrogens with zero attached hydrogens (tertiary/aromatic N) is 3. The molecule has 0 aliphatic rings. The second-order valence-electron chi connectivity index (χ2n) is 2.70. The van der Waals surface area contributed by atoms with E-state index in [2.05, 4.69) is 10.2 Å². The average Bonchev–Trinajstić information content (AvgIpc) is 2.56. The molecule has 0 aliphatic carbocycles. The highest BCUT2D eigenvalue weighted by Crippen LogP contribution is 2.11. The Morgan fingerprint density at radius 2 is 2.29 bits per heavy atom. The Kier molecular flexibility index (Phi) is 2.28. The average molecular weight is 208 g/mol. The normalized spacial score (nSPS) is 10.3. The molecule has 0 radical (unpaired) electrons. The van der Waals surface area contributed by atoms with E-state index in [0.29, 0.717) is 11.7 Å². The lowest BCUT2D eigenvalue weighted by Crippen LogP contribution is -2.18. The van der Waals surface area contributed by atoms with E-state index in [4.69, 9.17) is 5.73 Å². The van der Waals surface area contributed by atoms with Crippen molar-refractivity contribution in [1.29, 1.82) is 0 Å². The molecule has 0 spiro atoms. The van der Waals surface area contributed by atoms with Crippen LogP contribution in [0.25, 0.3) is 0 Å². The third-order valence-electron chi connectivity index (χ3n) is 1.69. The second kappa shape index (κ2) is 3.59. The maximum absolute atomic E-state index is 11.3. The highest BCUT2D eigenvalue weighted by atomic mass is 32.1. The summed E-state index contributed by atoms with van der Waals surface area (Å²) in [7, 11) is 0. The predicted molar refractivity (Wildman–Crippen MR) is 54.1 cm³/mol. The summed E-state index contributed by atoms with van der Waals surface area (Å²) in [5.41, 5.74) is 5.37. The maximum atomic E-state index is 11.3. The van der Waals surface area contributed by atoms with Crippen molar-refractivity contribution < 1.29 is 0 Å². The Bertz CT molecular complexity index is 490. The molecule has 6 heteroatoms. The molecule has 0 bridgehead atoms. The predicted octanol–water partition coefficient (Wildman–Crippen LogP) is 0.330. The number of aromatic nitrogens is 3. The largest absolute Gasteiger partial charge is 0.374 e. The van der Waals surface area contributed by atoms with Crippen LogP contribution in [0.1, 0.15) is 5.01 Å². The minimum atomic E-state index is -0.0544. The van der Waals surface area contributed by atoms with Crippen LogP contribution in [0.5, 0.6) is 0 Å². The van der Waals surface area contributed by atoms with Gasteiger partial charge in [0.15, 0.2) is 0 Å². The van der Waals surface area contributed by atoms with Gasteiger partial charge in [-0.05, 0) is 6.07 Å². The molecule has 0 unspecified atom stereocenters. The van der Waals surface area contributed by atoms with Gasteiger partial charge in [0, 0.05) is 12.3 Å². The van der Waals surface area contributed by atoms with Gasteiger partial charge in [0.05, 0.1) is 6.54 Å². The van der Waals surface area contributed by atoms with Gasteiger partial charge in [-0.15, -0.1) is 10.2 Å². The summed E-state index contributed by atoms with van der Waals surface area (Å²) in [5, 5.41) is 8.66. The Morgan fingerprint density at radius 1 is 1.43 bits per heavy atom. The molecule has 0 atom stereocenters. The fourth-order valence-electron chi connectivity index (χ4n) is 1.07. The Balaban J connectivity index is 2.27. The van der Waals surface area contributed by atoms with Crippen LogP contribution >= 0.6 is 11.3 Å². The van der Waals surface area contributed by atoms with Crippen molar-refractivity contribution in [3.63, 3.8) is 0 Å². The lowest BCUT2D eigenvalue weighted by atomic mass is 10.5. The summed E-state index contributed by atoms with van der Waals surface area (Å²) >= 11 is 1.29. The topological polar surface area (TPSA) is 73.8 Å². The lowest BCUT2D eigenvalue weighted by Gasteiger charge is -1.99. The van der Waals surface area contributed by atoms with Gasteiger partial charge in [-0.25, -0.2) is 0 Å². The molecular weight excluding hydrogens is 200 g/mol. The molecule has 0 saturated carbocycles. The Morgan fingerprint density at radius 3 is 2.93 bits per heavy atom. The summed E-state index contributed by atoms with van der Waals surface area (Å²) in [6.45, 7) is 0.425. The van der Waals surface area contributed by atoms with Crippen LogP contribution in [-0.2, 0) is 6.54 Å². The SMILES string of the molecule is Nc1nnc(Cn2ccccc2=O)s1. The zero-order valence-corrected chi connectivity index (χ0v) is 8.07. The molecule has 72 valence electrons. The number of pyridine rings is 1. The van der Waals surface area contributed by atoms with Gasteiger partial charge < -0.3 is 10.3 Å². The molecular formula is C8H8N4OS. The Hall–Kier alpha value is -1.69. The first kappa shape index (κ1) is 8.89. The highest BCUT2D eigenvalue weighted by molar-refractivity contribution is 7.15. The summed E-state index contributed by atoms with van der Waals surface area (Å²) < 4.78 is 1.56. The first-order valence-corrected chi connectivity index (χ1v) is 4.81. The molecule has 14 heavy (non-hydrogen) atoms. The quantitative estimate of drug-likeness (QED) is 0.771. The highest BCUT2D eigenvalue weighted by Gasteiger charge is 2.02. The zero-order valence-electron chi connectivity index (χ0n) is 7.25. The van der Waals surface area contributed by atoms with Crippen LogP contribution in [0.4, 0.5) is 5.13 Å². The fourth-order valence-corrected chi connectivity index (χ4v) is 1.68. The first-order valence-electron chi connectivity index (χ1n) is 3.99. The summed E-state index contributed by atoms with van der Waals surface area (Å²) in [6.07, 6.45) is 1.71. The minimum Gasteiger partial charge on any atom is -0.374 e. The summed E-state index contributed by atoms with van der Waals surface area (Å²) in [5.74, 6) is 0. The van der Waals surface area contributed by atoms with E-state index in [1.807, 2.05) is 0 Å². The van der Waals surface area contributed by atoms with Crippen molar-refractivity contribution in [2.75, 3.05) is 5.73 Å². The van der Waals surface area contributed by atoms with Crippen LogP contribution in [0, 0.1) is 0 Å². The standard InChI is InChI=1S/C8H8N4OS/c9-8-11-10-6(14-8)5-12-4-2-1-3-7(12)13/h1-4H,5H2,(H2,9,11). The van der Waals surface area contributed by atoms with Gasteiger partial charge in [0.25, 0.3) is 5.56 Å². The van der Waals surface area contributed by atoms with E-state index in [1.165, 1.54) is 17.4 Å². The Labute approximate surface area is 83.8 Å². The first-order chi connectivity index (χ1) is 6.75. The number of hydrogen-bond donors (Lipinski definition) is 1. The molecule has 2 heterocycles. The van der Waals surface area contributed by atoms with Gasteiger partial charge in [-0.2, -0.15) is 0 Å². The molecule has 0 saturated heterocycles. The number of hydrogen-bond acceptors (Lipinski definition) is 5. The lowest BCUT2D eigenvalue weighted by molar-refractivity contribution is 0.744. The van der Waals surface area contributed by atoms with E-state index in [9.17, 15) is 4.79 Å². The van der Waals surface area contributed by atoms with Crippen LogP contribution in [0.3, 0.4) is 0 Å². The molecule has 0 fully saturated rings. The zero-order chi connectivity index (χ0) is 9.97. The number of rotatable bonds is 2. The van der Waals surface area contributed by atoms with Crippen LogP contribution in [0.2, 0.25) is 0 Å². The minimum absolute atomic E-state index is 0.0544. The van der Waals surface area contributed by atoms with E-state index in [0.717, 1.165) is 5.01 Å². The van der Waals surface area contributed by atoms with E-state index in [1.54, 1.807) is 22.9 Å². The summed E-state index contributed by atoms with van der Waals surface area (Å²) in [6, 6.07) is 5.00. The van der Waals surface area contributed by atoms with Crippen molar-refractivity contribution >= 4 is 16.5 Å². The molecule has 0 amide bonds. The van der Waals surface area contributed by atoms with Crippen LogP contribution in [0.15, 0.2) is 29.2 Å². The van der Waals surface area contributed by atoms with Gasteiger partial charge >= 0.3 is 0 Å². The van der Waals surface area contributed by atoms with Gasteiger partial charge in [-0.3, -0.25) is 4.79 Å². The molecule has 0 aliphatic heterocycles. The fraction of sp³-hybridized carbons (Fsp3) is 0.125. The molecule has 2 aromatic heterocycles. The van der Waals surface area contributed by atoms with Gasteiger partial charge in [0.1, 0.15) is 5.01 Å². The van der Waals surface area contributed by atoms with Crippen LogP contribution < -0.4 is 11.3 Å². The van der Waals surface area contributed by atoms with Crippen molar-refractivity contribution in [1.82, 2.24) is 14.8 Å². The van der Waals surface area contributed by atoms with E-state index >= 15 is 0 Å². The van der Waals surface area contributed by atoms with Crippen molar-refractivity contribution in [2.24, 2.45) is 0 Å². The molecule has 5 nitrogen and oxygen atoms in total. The number of anilines is 1. The second-order valence-corrected chi connectivity index (χ2v) is 3.79. The van der Waals surface area contributed by atoms with E-state index < -0.39 is 0 Å². The van der Waals surface area contributed by atoms with Crippen molar-refractivity contribution in [3.05, 3.63) is 39.8 Å². The smallest absolute Gasteiger partial charge is 0.250 e. The molecule has 0 aromatic carbocycles. The molecule has 2 aromatic rings. The maximum Gasteiger partial charge on any atom is 0.250 e. The molecule has 2 rings (SSSR count). The third kappa shape index (κ3) is 1.80. The van der Waals surface area contributed by atoms with Crippen LogP contribution in [-0.4, -0.2) is 14.8 Å². The van der Waals surface area contributed by atoms with E-state index in [-0.39, 0.29) is 5.56 Å². The van der Waals surface area contributed by atoms with Crippen molar-refractivity contribution in [3.8, 4) is 0 Å². The third-order valence-corrected chi connectivity index (χ3v) is 2.42. The van der Waals surface area contributed by atoms with Crippen molar-refractivity contribution in [2.45, 2.75) is 6.54 Å². The monoisotopic (exact) mass is 208 g/mol. The number of nitrogens with two attached hydrogens (primary N) is 1. The van der Waals surface area contributed by atoms with Gasteiger partial charge in [-0.1, -0.05) is 17.4 Å². The number of nitrogen functional groups attached to an aromatic ring is 1.